The van der Waals surface area contributed by atoms with Crippen LogP contribution in [0.3, 0.4) is 0 Å². The van der Waals surface area contributed by atoms with E-state index in [0.29, 0.717) is 43.4 Å². The maximum absolute atomic E-state index is 13.8. The lowest BCUT2D eigenvalue weighted by Gasteiger charge is -2.24. The van der Waals surface area contributed by atoms with Crippen LogP contribution in [0, 0.1) is 17.0 Å². The molecule has 0 bridgehead atoms. The monoisotopic (exact) mass is 559 g/mol. The van der Waals surface area contributed by atoms with Gasteiger partial charge in [-0.15, -0.1) is 0 Å². The second kappa shape index (κ2) is 10.8. The van der Waals surface area contributed by atoms with Crippen LogP contribution >= 0.6 is 11.3 Å². The summed E-state index contributed by atoms with van der Waals surface area (Å²) in [6.07, 6.45) is 1.57. The Morgan fingerprint density at radius 1 is 1.18 bits per heavy atom. The Bertz CT molecular complexity index is 1850. The number of carbonyl (C=O) groups is 1. The lowest BCUT2D eigenvalue weighted by atomic mass is 9.96. The van der Waals surface area contributed by atoms with E-state index in [-0.39, 0.29) is 23.4 Å². The molecule has 10 nitrogen and oxygen atoms in total. The number of esters is 1. The van der Waals surface area contributed by atoms with Crippen molar-refractivity contribution in [3.05, 3.63) is 113 Å². The van der Waals surface area contributed by atoms with Gasteiger partial charge in [-0.05, 0) is 62.2 Å². The second-order valence-electron chi connectivity index (χ2n) is 9.06. The first kappa shape index (κ1) is 26.8. The molecule has 1 atom stereocenters. The van der Waals surface area contributed by atoms with Crippen LogP contribution < -0.4 is 19.6 Å². The third-order valence-electron chi connectivity index (χ3n) is 6.46. The molecule has 1 aliphatic heterocycles. The van der Waals surface area contributed by atoms with Crippen LogP contribution in [0.15, 0.2) is 80.1 Å². The number of hydrogen-bond donors (Lipinski definition) is 0. The number of rotatable bonds is 7. The first-order chi connectivity index (χ1) is 19.2. The number of nitrogens with zero attached hydrogens (tertiary/aromatic N) is 3. The minimum atomic E-state index is -0.759. The highest BCUT2D eigenvalue weighted by molar-refractivity contribution is 7.07. The first-order valence-corrected chi connectivity index (χ1v) is 13.2. The van der Waals surface area contributed by atoms with Gasteiger partial charge in [0.15, 0.2) is 4.80 Å². The van der Waals surface area contributed by atoms with Gasteiger partial charge in [0, 0.05) is 12.1 Å². The van der Waals surface area contributed by atoms with E-state index in [4.69, 9.17) is 13.9 Å². The lowest BCUT2D eigenvalue weighted by Crippen LogP contribution is -2.39. The van der Waals surface area contributed by atoms with Gasteiger partial charge in [0.1, 0.15) is 17.3 Å². The molecule has 11 heteroatoms. The predicted octanol–water partition coefficient (Wildman–Crippen LogP) is 4.28. The zero-order valence-electron chi connectivity index (χ0n) is 22.2. The number of aromatic nitrogens is 1. The average molecular weight is 560 g/mol. The van der Waals surface area contributed by atoms with Crippen molar-refractivity contribution in [2.45, 2.75) is 26.8 Å². The minimum Gasteiger partial charge on any atom is -0.497 e. The zero-order chi connectivity index (χ0) is 28.6. The number of carbonyl (C=O) groups excluding carboxylic acids is 1. The summed E-state index contributed by atoms with van der Waals surface area (Å²) in [5, 5.41) is 11.6. The topological polar surface area (TPSA) is 126 Å². The minimum absolute atomic E-state index is 0.0678. The van der Waals surface area contributed by atoms with Crippen molar-refractivity contribution in [1.29, 1.82) is 0 Å². The normalized spacial score (nSPS) is 15.0. The van der Waals surface area contributed by atoms with Gasteiger partial charge in [-0.3, -0.25) is 19.5 Å². The van der Waals surface area contributed by atoms with E-state index in [1.54, 1.807) is 82.5 Å². The van der Waals surface area contributed by atoms with Crippen molar-refractivity contribution in [3.8, 4) is 17.1 Å². The molecule has 0 saturated carbocycles. The first-order valence-electron chi connectivity index (χ1n) is 12.4. The van der Waals surface area contributed by atoms with Crippen LogP contribution in [0.4, 0.5) is 5.69 Å². The Balaban J connectivity index is 1.63. The number of hydrogen-bond acceptors (Lipinski definition) is 9. The summed E-state index contributed by atoms with van der Waals surface area (Å²) >= 11 is 1.16. The van der Waals surface area contributed by atoms with Crippen LogP contribution in [0.1, 0.15) is 36.8 Å². The van der Waals surface area contributed by atoms with Gasteiger partial charge in [-0.2, -0.15) is 0 Å². The van der Waals surface area contributed by atoms with Gasteiger partial charge in [-0.1, -0.05) is 29.5 Å². The summed E-state index contributed by atoms with van der Waals surface area (Å²) in [6.45, 7) is 5.38. The molecule has 40 heavy (non-hydrogen) atoms. The number of methoxy groups -OCH3 is 1. The highest BCUT2D eigenvalue weighted by Crippen LogP contribution is 2.33. The van der Waals surface area contributed by atoms with Crippen LogP contribution in [0.25, 0.3) is 17.4 Å². The number of nitro benzene ring substituents is 1. The molecule has 0 aliphatic carbocycles. The van der Waals surface area contributed by atoms with Crippen LogP contribution in [0.2, 0.25) is 0 Å². The van der Waals surface area contributed by atoms with E-state index in [1.165, 1.54) is 10.6 Å². The fourth-order valence-corrected chi connectivity index (χ4v) is 5.63. The van der Waals surface area contributed by atoms with Crippen molar-refractivity contribution in [3.63, 3.8) is 0 Å². The molecule has 0 unspecified atom stereocenters. The largest absolute Gasteiger partial charge is 0.497 e. The van der Waals surface area contributed by atoms with Gasteiger partial charge in [0.05, 0.1) is 46.0 Å². The number of benzene rings is 2. The van der Waals surface area contributed by atoms with Crippen molar-refractivity contribution in [2.75, 3.05) is 13.7 Å². The summed E-state index contributed by atoms with van der Waals surface area (Å²) in [6, 6.07) is 14.5. The highest BCUT2D eigenvalue weighted by Gasteiger charge is 2.33. The molecule has 2 aromatic heterocycles. The molecule has 0 N–H and O–H groups in total. The van der Waals surface area contributed by atoms with Crippen molar-refractivity contribution in [1.82, 2.24) is 4.57 Å². The second-order valence-corrected chi connectivity index (χ2v) is 10.1. The molecule has 0 fully saturated rings. The molecule has 0 amide bonds. The molecular weight excluding hydrogens is 534 g/mol. The maximum atomic E-state index is 13.8. The molecule has 2 aromatic carbocycles. The molecule has 5 rings (SSSR count). The smallest absolute Gasteiger partial charge is 0.338 e. The van der Waals surface area contributed by atoms with E-state index in [0.717, 1.165) is 16.9 Å². The van der Waals surface area contributed by atoms with Crippen molar-refractivity contribution in [2.24, 2.45) is 4.99 Å². The molecule has 0 spiro atoms. The number of allylic oxidation sites excluding steroid dienone is 1. The van der Waals surface area contributed by atoms with E-state index >= 15 is 0 Å². The van der Waals surface area contributed by atoms with Crippen molar-refractivity contribution >= 4 is 29.1 Å². The standard InChI is InChI=1S/C29H25N3O7S/c1-5-38-28(34)25-17(3)30-29-31(26(25)18-7-9-19(37-4)10-8-18)27(33)24(40-29)15-20-11-13-23(39-20)21-12-6-16(2)14-22(21)32(35)36/h6-15,26H,5H2,1-4H3/b24-15-/t26-/m0/s1. The van der Waals surface area contributed by atoms with Crippen LogP contribution in [-0.4, -0.2) is 29.2 Å². The average Bonchev–Trinajstić information content (AvgIpc) is 3.52. The van der Waals surface area contributed by atoms with E-state index in [9.17, 15) is 19.7 Å². The zero-order valence-corrected chi connectivity index (χ0v) is 23.0. The van der Waals surface area contributed by atoms with Crippen LogP contribution in [-0.2, 0) is 9.53 Å². The Morgan fingerprint density at radius 3 is 2.60 bits per heavy atom. The molecule has 4 aromatic rings. The number of ether oxygens (including phenoxy) is 2. The fourth-order valence-electron chi connectivity index (χ4n) is 4.60. The highest BCUT2D eigenvalue weighted by atomic mass is 32.1. The molecule has 204 valence electrons. The Kier molecular flexibility index (Phi) is 7.22. The van der Waals surface area contributed by atoms with Crippen molar-refractivity contribution < 1.29 is 23.6 Å². The van der Waals surface area contributed by atoms with Gasteiger partial charge in [0.2, 0.25) is 0 Å². The molecule has 0 saturated heterocycles. The summed E-state index contributed by atoms with van der Waals surface area (Å²) in [4.78, 5) is 42.9. The number of furan rings is 1. The van der Waals surface area contributed by atoms with Gasteiger partial charge < -0.3 is 13.9 Å². The molecule has 0 radical (unpaired) electrons. The Morgan fingerprint density at radius 2 is 1.93 bits per heavy atom. The van der Waals surface area contributed by atoms with E-state index in [2.05, 4.69) is 4.99 Å². The number of nitro groups is 1. The van der Waals surface area contributed by atoms with E-state index < -0.39 is 16.9 Å². The van der Waals surface area contributed by atoms with Gasteiger partial charge in [0.25, 0.3) is 11.2 Å². The molecule has 1 aliphatic rings. The number of fused-ring (bicyclic) bond motifs is 1. The van der Waals surface area contributed by atoms with E-state index in [1.807, 2.05) is 0 Å². The Hall–Kier alpha value is -4.77. The van der Waals surface area contributed by atoms with Crippen LogP contribution in [0.5, 0.6) is 5.75 Å². The fraction of sp³-hybridized carbons (Fsp3) is 0.207. The predicted molar refractivity (Wildman–Crippen MR) is 149 cm³/mol. The van der Waals surface area contributed by atoms with Gasteiger partial charge >= 0.3 is 5.97 Å². The third-order valence-corrected chi connectivity index (χ3v) is 7.45. The summed E-state index contributed by atoms with van der Waals surface area (Å²) in [7, 11) is 1.56. The summed E-state index contributed by atoms with van der Waals surface area (Å²) in [5.41, 5.74) is 2.09. The molecular formula is C29H25N3O7S. The third kappa shape index (κ3) is 4.87. The quantitative estimate of drug-likeness (QED) is 0.188. The summed E-state index contributed by atoms with van der Waals surface area (Å²) < 4.78 is 18.3. The molecule has 3 heterocycles. The summed E-state index contributed by atoms with van der Waals surface area (Å²) in [5.74, 6) is 0.742. The lowest BCUT2D eigenvalue weighted by molar-refractivity contribution is -0.384. The number of aryl methyl sites for hydroxylation is 1. The van der Waals surface area contributed by atoms with Gasteiger partial charge in [-0.25, -0.2) is 9.79 Å². The Labute approximate surface area is 232 Å². The maximum Gasteiger partial charge on any atom is 0.338 e. The number of thiazole rings is 1. The SMILES string of the molecule is CCOC(=O)C1=C(C)N=c2s/c(=C\c3ccc(-c4ccc(C)cc4[N+](=O)[O-])o3)c(=O)n2[C@H]1c1ccc(OC)cc1.